The summed E-state index contributed by atoms with van der Waals surface area (Å²) < 4.78 is 10.4. The molecule has 0 spiro atoms. The zero-order valence-electron chi connectivity index (χ0n) is 13.1. The van der Waals surface area contributed by atoms with Gasteiger partial charge in [0.25, 0.3) is 5.91 Å². The molecule has 0 radical (unpaired) electrons. The van der Waals surface area contributed by atoms with Gasteiger partial charge in [-0.2, -0.15) is 0 Å². The molecule has 1 saturated carbocycles. The molecule has 1 aliphatic carbocycles. The van der Waals surface area contributed by atoms with Gasteiger partial charge in [0.05, 0.1) is 14.2 Å². The standard InChI is InChI=1S/C16H21NO5/c1-10-8-12(21-2)13(22-3)9-11(10)14(18)17-16(15(19)20)6-4-5-7-16/h8-9H,4-7H2,1-3H3,(H,17,18)(H,19,20). The van der Waals surface area contributed by atoms with Crippen molar-refractivity contribution in [2.75, 3.05) is 14.2 Å². The van der Waals surface area contributed by atoms with Crippen LogP contribution in [0.2, 0.25) is 0 Å². The van der Waals surface area contributed by atoms with Gasteiger partial charge in [-0.15, -0.1) is 0 Å². The maximum absolute atomic E-state index is 12.5. The quantitative estimate of drug-likeness (QED) is 0.870. The Labute approximate surface area is 129 Å². The minimum atomic E-state index is -1.16. The molecule has 0 unspecified atom stereocenters. The van der Waals surface area contributed by atoms with E-state index in [-0.39, 0.29) is 0 Å². The number of hydrogen-bond acceptors (Lipinski definition) is 4. The molecule has 6 heteroatoms. The van der Waals surface area contributed by atoms with Gasteiger partial charge >= 0.3 is 5.97 Å². The average Bonchev–Trinajstić information content (AvgIpc) is 2.96. The molecule has 0 atom stereocenters. The Hall–Kier alpha value is -2.24. The molecule has 120 valence electrons. The summed E-state index contributed by atoms with van der Waals surface area (Å²) >= 11 is 0. The number of carbonyl (C=O) groups is 2. The van der Waals surface area contributed by atoms with E-state index in [0.29, 0.717) is 35.5 Å². The third kappa shape index (κ3) is 2.86. The van der Waals surface area contributed by atoms with Gasteiger partial charge in [-0.1, -0.05) is 12.8 Å². The van der Waals surface area contributed by atoms with Gasteiger partial charge in [-0.3, -0.25) is 4.79 Å². The van der Waals surface area contributed by atoms with Gasteiger partial charge in [0.1, 0.15) is 5.54 Å². The Morgan fingerprint density at radius 2 is 1.68 bits per heavy atom. The molecule has 22 heavy (non-hydrogen) atoms. The lowest BCUT2D eigenvalue weighted by Crippen LogP contribution is -2.52. The van der Waals surface area contributed by atoms with Gasteiger partial charge in [0.15, 0.2) is 11.5 Å². The summed E-state index contributed by atoms with van der Waals surface area (Å²) in [4.78, 5) is 24.1. The smallest absolute Gasteiger partial charge is 0.329 e. The van der Waals surface area contributed by atoms with Gasteiger partial charge in [-0.05, 0) is 37.5 Å². The number of carbonyl (C=O) groups excluding carboxylic acids is 1. The van der Waals surface area contributed by atoms with Crippen molar-refractivity contribution in [2.24, 2.45) is 0 Å². The van der Waals surface area contributed by atoms with Crippen LogP contribution in [-0.4, -0.2) is 36.7 Å². The van der Waals surface area contributed by atoms with E-state index in [1.54, 1.807) is 19.1 Å². The minimum Gasteiger partial charge on any atom is -0.493 e. The van der Waals surface area contributed by atoms with Gasteiger partial charge in [0.2, 0.25) is 0 Å². The summed E-state index contributed by atoms with van der Waals surface area (Å²) in [6.45, 7) is 1.78. The highest BCUT2D eigenvalue weighted by Crippen LogP contribution is 2.33. The van der Waals surface area contributed by atoms with E-state index in [1.165, 1.54) is 14.2 Å². The maximum Gasteiger partial charge on any atom is 0.329 e. The van der Waals surface area contributed by atoms with E-state index < -0.39 is 17.4 Å². The SMILES string of the molecule is COc1cc(C)c(C(=O)NC2(C(=O)O)CCCC2)cc1OC. The van der Waals surface area contributed by atoms with E-state index in [9.17, 15) is 14.7 Å². The Morgan fingerprint density at radius 1 is 1.14 bits per heavy atom. The summed E-state index contributed by atoms with van der Waals surface area (Å²) in [7, 11) is 3.01. The Morgan fingerprint density at radius 3 is 2.18 bits per heavy atom. The van der Waals surface area contributed by atoms with Crippen molar-refractivity contribution < 1.29 is 24.2 Å². The fourth-order valence-corrected chi connectivity index (χ4v) is 2.88. The molecule has 2 N–H and O–H groups in total. The molecule has 0 heterocycles. The van der Waals surface area contributed by atoms with E-state index in [0.717, 1.165) is 12.8 Å². The highest BCUT2D eigenvalue weighted by atomic mass is 16.5. The highest BCUT2D eigenvalue weighted by Gasteiger charge is 2.42. The molecular weight excluding hydrogens is 286 g/mol. The zero-order valence-corrected chi connectivity index (χ0v) is 13.1. The van der Waals surface area contributed by atoms with Gasteiger partial charge in [0, 0.05) is 5.56 Å². The van der Waals surface area contributed by atoms with E-state index >= 15 is 0 Å². The normalized spacial score (nSPS) is 16.1. The second kappa shape index (κ2) is 6.25. The number of aliphatic carboxylic acids is 1. The molecule has 2 rings (SSSR count). The van der Waals surface area contributed by atoms with Crippen molar-refractivity contribution in [3.63, 3.8) is 0 Å². The fraction of sp³-hybridized carbons (Fsp3) is 0.500. The number of amides is 1. The van der Waals surface area contributed by atoms with E-state index in [4.69, 9.17) is 9.47 Å². The zero-order chi connectivity index (χ0) is 16.3. The lowest BCUT2D eigenvalue weighted by atomic mass is 9.96. The number of rotatable bonds is 5. The average molecular weight is 307 g/mol. The van der Waals surface area contributed by atoms with Crippen LogP contribution in [0.3, 0.4) is 0 Å². The predicted octanol–water partition coefficient (Wildman–Crippen LogP) is 2.14. The molecule has 0 aromatic heterocycles. The van der Waals surface area contributed by atoms with Crippen molar-refractivity contribution in [1.29, 1.82) is 0 Å². The first-order valence-corrected chi connectivity index (χ1v) is 7.22. The van der Waals surface area contributed by atoms with Crippen LogP contribution < -0.4 is 14.8 Å². The van der Waals surface area contributed by atoms with E-state index in [1.807, 2.05) is 0 Å². The number of ether oxygens (including phenoxy) is 2. The van der Waals surface area contributed by atoms with Crippen molar-refractivity contribution in [3.05, 3.63) is 23.3 Å². The van der Waals surface area contributed by atoms with Crippen LogP contribution in [0.25, 0.3) is 0 Å². The molecule has 1 amide bonds. The second-order valence-corrected chi connectivity index (χ2v) is 5.57. The maximum atomic E-state index is 12.5. The second-order valence-electron chi connectivity index (χ2n) is 5.57. The van der Waals surface area contributed by atoms with Crippen LogP contribution in [0.4, 0.5) is 0 Å². The van der Waals surface area contributed by atoms with Crippen LogP contribution >= 0.6 is 0 Å². The summed E-state index contributed by atoms with van der Waals surface area (Å²) in [5.74, 6) is -0.404. The Bertz CT molecular complexity index is 590. The van der Waals surface area contributed by atoms with Crippen molar-refractivity contribution in [3.8, 4) is 11.5 Å². The number of hydrogen-bond donors (Lipinski definition) is 2. The lowest BCUT2D eigenvalue weighted by molar-refractivity contribution is -0.144. The van der Waals surface area contributed by atoms with Crippen molar-refractivity contribution in [2.45, 2.75) is 38.1 Å². The first kappa shape index (κ1) is 16.1. The van der Waals surface area contributed by atoms with Gasteiger partial charge < -0.3 is 19.9 Å². The molecule has 1 aromatic carbocycles. The topological polar surface area (TPSA) is 84.9 Å². The summed E-state index contributed by atoms with van der Waals surface area (Å²) in [6, 6.07) is 3.28. The summed E-state index contributed by atoms with van der Waals surface area (Å²) in [6.07, 6.45) is 2.52. The molecule has 1 fully saturated rings. The lowest BCUT2D eigenvalue weighted by Gasteiger charge is -2.26. The number of nitrogens with one attached hydrogen (secondary N) is 1. The predicted molar refractivity (Wildman–Crippen MR) is 80.6 cm³/mol. The first-order chi connectivity index (χ1) is 10.4. The minimum absolute atomic E-state index is 0.394. The largest absolute Gasteiger partial charge is 0.493 e. The van der Waals surface area contributed by atoms with Gasteiger partial charge in [-0.25, -0.2) is 4.79 Å². The van der Waals surface area contributed by atoms with Crippen molar-refractivity contribution >= 4 is 11.9 Å². The summed E-state index contributed by atoms with van der Waals surface area (Å²) in [5, 5.41) is 12.2. The molecule has 1 aromatic rings. The molecule has 0 saturated heterocycles. The number of aryl methyl sites for hydroxylation is 1. The summed E-state index contributed by atoms with van der Waals surface area (Å²) in [5.41, 5.74) is -0.0599. The number of carboxylic acids is 1. The molecule has 6 nitrogen and oxygen atoms in total. The third-order valence-electron chi connectivity index (χ3n) is 4.19. The molecule has 0 aliphatic heterocycles. The molecule has 1 aliphatic rings. The Kier molecular flexibility index (Phi) is 4.59. The number of benzene rings is 1. The molecule has 0 bridgehead atoms. The van der Waals surface area contributed by atoms with E-state index in [2.05, 4.69) is 5.32 Å². The first-order valence-electron chi connectivity index (χ1n) is 7.22. The van der Waals surface area contributed by atoms with Crippen LogP contribution in [0, 0.1) is 6.92 Å². The van der Waals surface area contributed by atoms with Crippen LogP contribution in [0.1, 0.15) is 41.6 Å². The highest BCUT2D eigenvalue weighted by molar-refractivity contribution is 5.99. The van der Waals surface area contributed by atoms with Crippen LogP contribution in [0.5, 0.6) is 11.5 Å². The number of methoxy groups -OCH3 is 2. The Balaban J connectivity index is 2.31. The van der Waals surface area contributed by atoms with Crippen molar-refractivity contribution in [1.82, 2.24) is 5.32 Å². The van der Waals surface area contributed by atoms with Crippen LogP contribution in [-0.2, 0) is 4.79 Å². The number of carboxylic acid groups (broad SMARTS) is 1. The van der Waals surface area contributed by atoms with Crippen LogP contribution in [0.15, 0.2) is 12.1 Å². The molecular formula is C16H21NO5. The monoisotopic (exact) mass is 307 g/mol. The fourth-order valence-electron chi connectivity index (χ4n) is 2.88. The third-order valence-corrected chi connectivity index (χ3v) is 4.19.